The van der Waals surface area contributed by atoms with Crippen molar-refractivity contribution in [2.45, 2.75) is 0 Å². The van der Waals surface area contributed by atoms with Crippen LogP contribution in [0.5, 0.6) is 5.75 Å². The third-order valence-corrected chi connectivity index (χ3v) is 4.49. The number of nitrogens with zero attached hydrogens (tertiary/aromatic N) is 2. The van der Waals surface area contributed by atoms with Crippen LogP contribution in [-0.2, 0) is 0 Å². The fourth-order valence-corrected chi connectivity index (χ4v) is 3.40. The SMILES string of the molecule is COc1cc2oc(=O)n(-c3c(Cl)cc([N+](=O)[O-])cc3Cl)c2cc1Br. The van der Waals surface area contributed by atoms with Gasteiger partial charge in [-0.15, -0.1) is 0 Å². The molecule has 0 saturated carbocycles. The lowest BCUT2D eigenvalue weighted by Gasteiger charge is -2.08. The van der Waals surface area contributed by atoms with E-state index >= 15 is 0 Å². The number of rotatable bonds is 3. The van der Waals surface area contributed by atoms with Crippen LogP contribution in [0.25, 0.3) is 16.8 Å². The van der Waals surface area contributed by atoms with Crippen LogP contribution in [0.2, 0.25) is 10.0 Å². The highest BCUT2D eigenvalue weighted by Crippen LogP contribution is 2.36. The number of methoxy groups -OCH3 is 1. The van der Waals surface area contributed by atoms with Crippen LogP contribution in [0.3, 0.4) is 0 Å². The van der Waals surface area contributed by atoms with Crippen LogP contribution >= 0.6 is 39.1 Å². The summed E-state index contributed by atoms with van der Waals surface area (Å²) in [4.78, 5) is 22.5. The number of oxazole rings is 1. The maximum absolute atomic E-state index is 12.3. The van der Waals surface area contributed by atoms with E-state index in [1.165, 1.54) is 13.2 Å². The Bertz CT molecular complexity index is 1020. The first-order chi connectivity index (χ1) is 11.3. The van der Waals surface area contributed by atoms with Gasteiger partial charge in [0.1, 0.15) is 5.75 Å². The second-order valence-corrected chi connectivity index (χ2v) is 6.34. The van der Waals surface area contributed by atoms with E-state index in [1.54, 1.807) is 6.07 Å². The van der Waals surface area contributed by atoms with Gasteiger partial charge in [0.2, 0.25) is 0 Å². The van der Waals surface area contributed by atoms with Gasteiger partial charge in [-0.2, -0.15) is 0 Å². The van der Waals surface area contributed by atoms with Crippen LogP contribution in [0.4, 0.5) is 5.69 Å². The fraction of sp³-hybridized carbons (Fsp3) is 0.0714. The molecular formula is C14H7BrCl2N2O5. The Balaban J connectivity index is 2.35. The lowest BCUT2D eigenvalue weighted by atomic mass is 10.2. The zero-order valence-electron chi connectivity index (χ0n) is 11.9. The number of hydrogen-bond acceptors (Lipinski definition) is 5. The van der Waals surface area contributed by atoms with E-state index in [0.717, 1.165) is 16.7 Å². The summed E-state index contributed by atoms with van der Waals surface area (Å²) < 4.78 is 12.1. The molecule has 0 aliphatic heterocycles. The Hall–Kier alpha value is -2.03. The minimum atomic E-state index is -0.734. The van der Waals surface area contributed by atoms with Gasteiger partial charge in [0, 0.05) is 18.2 Å². The molecule has 3 aromatic rings. The van der Waals surface area contributed by atoms with Crippen LogP contribution < -0.4 is 10.5 Å². The Morgan fingerprint density at radius 3 is 2.42 bits per heavy atom. The van der Waals surface area contributed by atoms with Crippen molar-refractivity contribution in [3.8, 4) is 11.4 Å². The molecule has 0 N–H and O–H groups in total. The second kappa shape index (κ2) is 6.12. The highest BCUT2D eigenvalue weighted by molar-refractivity contribution is 9.10. The highest BCUT2D eigenvalue weighted by atomic mass is 79.9. The molecule has 1 heterocycles. The predicted molar refractivity (Wildman–Crippen MR) is 92.7 cm³/mol. The van der Waals surface area contributed by atoms with Crippen LogP contribution in [0, 0.1) is 10.1 Å². The molecule has 0 spiro atoms. The Morgan fingerprint density at radius 2 is 1.88 bits per heavy atom. The quantitative estimate of drug-likeness (QED) is 0.446. The Labute approximate surface area is 152 Å². The molecule has 0 saturated heterocycles. The first-order valence-electron chi connectivity index (χ1n) is 6.36. The predicted octanol–water partition coefficient (Wildman–Crippen LogP) is 4.57. The molecule has 0 aliphatic rings. The molecule has 1 aromatic heterocycles. The summed E-state index contributed by atoms with van der Waals surface area (Å²) in [6.07, 6.45) is 0. The average Bonchev–Trinajstić information content (AvgIpc) is 2.81. The van der Waals surface area contributed by atoms with E-state index in [4.69, 9.17) is 32.4 Å². The van der Waals surface area contributed by atoms with Crippen molar-refractivity contribution in [2.75, 3.05) is 7.11 Å². The van der Waals surface area contributed by atoms with Crippen molar-refractivity contribution in [3.63, 3.8) is 0 Å². The van der Waals surface area contributed by atoms with Crippen molar-refractivity contribution in [2.24, 2.45) is 0 Å². The summed E-state index contributed by atoms with van der Waals surface area (Å²) in [7, 11) is 1.48. The van der Waals surface area contributed by atoms with Crippen molar-refractivity contribution >= 4 is 55.9 Å². The molecule has 10 heteroatoms. The number of benzene rings is 2. The number of halogens is 3. The number of ether oxygens (including phenoxy) is 1. The number of nitro benzene ring substituents is 1. The Kier molecular flexibility index (Phi) is 4.29. The Morgan fingerprint density at radius 1 is 1.25 bits per heavy atom. The van der Waals surface area contributed by atoms with Crippen molar-refractivity contribution in [1.82, 2.24) is 4.57 Å². The molecule has 0 unspecified atom stereocenters. The number of fused-ring (bicyclic) bond motifs is 1. The van der Waals surface area contributed by atoms with E-state index < -0.39 is 10.7 Å². The summed E-state index contributed by atoms with van der Waals surface area (Å²) in [6, 6.07) is 5.37. The molecule has 2 aromatic carbocycles. The first kappa shape index (κ1) is 16.8. The zero-order valence-corrected chi connectivity index (χ0v) is 15.0. The maximum atomic E-state index is 12.3. The van der Waals surface area contributed by atoms with Gasteiger partial charge < -0.3 is 9.15 Å². The van der Waals surface area contributed by atoms with E-state index in [-0.39, 0.29) is 27.0 Å². The maximum Gasteiger partial charge on any atom is 0.424 e. The van der Waals surface area contributed by atoms with E-state index in [1.807, 2.05) is 0 Å². The molecule has 3 rings (SSSR count). The van der Waals surface area contributed by atoms with E-state index in [2.05, 4.69) is 15.9 Å². The summed E-state index contributed by atoms with van der Waals surface area (Å²) >= 11 is 15.6. The number of aromatic nitrogens is 1. The van der Waals surface area contributed by atoms with Crippen molar-refractivity contribution in [1.29, 1.82) is 0 Å². The number of hydrogen-bond donors (Lipinski definition) is 0. The van der Waals surface area contributed by atoms with E-state index in [9.17, 15) is 14.9 Å². The lowest BCUT2D eigenvalue weighted by molar-refractivity contribution is -0.384. The van der Waals surface area contributed by atoms with Crippen LogP contribution in [-0.4, -0.2) is 16.6 Å². The normalized spacial score (nSPS) is 11.0. The molecule has 0 aliphatic carbocycles. The molecule has 0 amide bonds. The van der Waals surface area contributed by atoms with Gasteiger partial charge in [0.05, 0.1) is 37.8 Å². The fourth-order valence-electron chi connectivity index (χ4n) is 2.26. The zero-order chi connectivity index (χ0) is 17.6. The third-order valence-electron chi connectivity index (χ3n) is 3.29. The highest BCUT2D eigenvalue weighted by Gasteiger charge is 2.21. The first-order valence-corrected chi connectivity index (χ1v) is 7.91. The lowest BCUT2D eigenvalue weighted by Crippen LogP contribution is -2.13. The summed E-state index contributed by atoms with van der Waals surface area (Å²) in [5.41, 5.74) is 0.457. The molecule has 0 atom stereocenters. The minimum absolute atomic E-state index is 0.0501. The summed E-state index contributed by atoms with van der Waals surface area (Å²) in [6.45, 7) is 0. The monoisotopic (exact) mass is 432 g/mol. The van der Waals surface area contributed by atoms with E-state index in [0.29, 0.717) is 15.7 Å². The standard InChI is InChI=1S/C14H7BrCl2N2O5/c1-23-11-5-12-10(4-7(11)15)18(14(20)24-12)13-8(16)2-6(19(21)22)3-9(13)17/h2-5H,1H3. The average molecular weight is 434 g/mol. The summed E-state index contributed by atoms with van der Waals surface area (Å²) in [5, 5.41) is 10.8. The van der Waals surface area contributed by atoms with Gasteiger partial charge in [0.25, 0.3) is 5.69 Å². The number of non-ortho nitro benzene ring substituents is 1. The van der Waals surface area contributed by atoms with Gasteiger partial charge in [-0.25, -0.2) is 9.36 Å². The second-order valence-electron chi connectivity index (χ2n) is 4.67. The molecule has 0 radical (unpaired) electrons. The molecule has 24 heavy (non-hydrogen) atoms. The van der Waals surface area contributed by atoms with Gasteiger partial charge in [-0.1, -0.05) is 23.2 Å². The largest absolute Gasteiger partial charge is 0.495 e. The van der Waals surface area contributed by atoms with Crippen molar-refractivity contribution < 1.29 is 14.1 Å². The molecule has 0 bridgehead atoms. The number of nitro groups is 1. The van der Waals surface area contributed by atoms with Crippen LogP contribution in [0.1, 0.15) is 0 Å². The van der Waals surface area contributed by atoms with Gasteiger partial charge in [0.15, 0.2) is 5.58 Å². The molecule has 7 nitrogen and oxygen atoms in total. The smallest absolute Gasteiger partial charge is 0.424 e. The van der Waals surface area contributed by atoms with Gasteiger partial charge in [-0.3, -0.25) is 10.1 Å². The topological polar surface area (TPSA) is 87.5 Å². The summed E-state index contributed by atoms with van der Waals surface area (Å²) in [5.74, 6) is -0.257. The van der Waals surface area contributed by atoms with Crippen LogP contribution in [0.15, 0.2) is 37.9 Å². The van der Waals surface area contributed by atoms with Gasteiger partial charge in [-0.05, 0) is 22.0 Å². The molecular weight excluding hydrogens is 427 g/mol. The molecule has 124 valence electrons. The van der Waals surface area contributed by atoms with Gasteiger partial charge >= 0.3 is 5.76 Å². The minimum Gasteiger partial charge on any atom is -0.495 e. The molecule has 0 fully saturated rings. The third kappa shape index (κ3) is 2.66. The van der Waals surface area contributed by atoms with Crippen molar-refractivity contribution in [3.05, 3.63) is 59.4 Å².